The first-order valence-electron chi connectivity index (χ1n) is 5.55. The maximum atomic E-state index is 12.0. The molecule has 4 heteroatoms. The van der Waals surface area contributed by atoms with E-state index in [0.717, 1.165) is 5.56 Å². The highest BCUT2D eigenvalue weighted by Crippen LogP contribution is 2.30. The fourth-order valence-electron chi connectivity index (χ4n) is 2.02. The van der Waals surface area contributed by atoms with Crippen LogP contribution >= 0.6 is 0 Å². The summed E-state index contributed by atoms with van der Waals surface area (Å²) in [6.07, 6.45) is 0.428. The minimum atomic E-state index is -0.683. The fraction of sp³-hybridized carbons (Fsp3) is 0.385. The van der Waals surface area contributed by atoms with Crippen molar-refractivity contribution in [2.24, 2.45) is 5.92 Å². The van der Waals surface area contributed by atoms with Gasteiger partial charge in [0.1, 0.15) is 11.7 Å². The highest BCUT2D eigenvalue weighted by molar-refractivity contribution is 6.12. The molecule has 0 aromatic heterocycles. The van der Waals surface area contributed by atoms with Crippen molar-refractivity contribution in [2.45, 2.75) is 13.3 Å². The molecule has 1 aromatic carbocycles. The quantitative estimate of drug-likeness (QED) is 0.589. The average Bonchev–Trinajstić information content (AvgIpc) is 2.67. The Hall–Kier alpha value is -1.84. The Morgan fingerprint density at radius 2 is 2.24 bits per heavy atom. The van der Waals surface area contributed by atoms with Crippen molar-refractivity contribution >= 4 is 11.8 Å². The summed E-state index contributed by atoms with van der Waals surface area (Å²) < 4.78 is 9.96. The number of ether oxygens (including phenoxy) is 2. The molecular formula is C13H14O4. The van der Waals surface area contributed by atoms with Crippen LogP contribution in [0.5, 0.6) is 5.75 Å². The predicted octanol–water partition coefficient (Wildman–Crippen LogP) is 1.61. The van der Waals surface area contributed by atoms with Crippen LogP contribution < -0.4 is 4.74 Å². The zero-order valence-electron chi connectivity index (χ0n) is 9.86. The van der Waals surface area contributed by atoms with Crippen molar-refractivity contribution in [3.8, 4) is 5.75 Å². The molecule has 90 valence electrons. The molecule has 1 atom stereocenters. The number of fused-ring (bicyclic) bond motifs is 1. The van der Waals surface area contributed by atoms with E-state index in [0.29, 0.717) is 24.3 Å². The molecule has 0 heterocycles. The standard InChI is InChI=1S/C13H14O4/c1-3-17-13(15)11-6-8-4-5-9(16-2)7-10(8)12(11)14/h4-5,7,11H,3,6H2,1-2H3. The van der Waals surface area contributed by atoms with Gasteiger partial charge in [0.2, 0.25) is 0 Å². The molecule has 1 aliphatic carbocycles. The molecule has 0 saturated heterocycles. The Morgan fingerprint density at radius 3 is 2.88 bits per heavy atom. The molecule has 17 heavy (non-hydrogen) atoms. The second-order valence-electron chi connectivity index (χ2n) is 3.90. The van der Waals surface area contributed by atoms with Gasteiger partial charge in [0.15, 0.2) is 5.78 Å². The lowest BCUT2D eigenvalue weighted by Gasteiger charge is -2.06. The number of carbonyl (C=O) groups is 2. The van der Waals surface area contributed by atoms with Gasteiger partial charge in [-0.15, -0.1) is 0 Å². The van der Waals surface area contributed by atoms with Crippen LogP contribution in [0.3, 0.4) is 0 Å². The second kappa shape index (κ2) is 4.57. The molecule has 1 aliphatic rings. The highest BCUT2D eigenvalue weighted by Gasteiger charge is 2.36. The number of rotatable bonds is 3. The summed E-state index contributed by atoms with van der Waals surface area (Å²) in [6, 6.07) is 5.29. The summed E-state index contributed by atoms with van der Waals surface area (Å²) in [5, 5.41) is 0. The predicted molar refractivity (Wildman–Crippen MR) is 61.2 cm³/mol. The molecule has 0 bridgehead atoms. The normalized spacial score (nSPS) is 17.8. The SMILES string of the molecule is CCOC(=O)C1Cc2ccc(OC)cc2C1=O. The first-order valence-corrected chi connectivity index (χ1v) is 5.55. The molecule has 1 unspecified atom stereocenters. The number of methoxy groups -OCH3 is 1. The van der Waals surface area contributed by atoms with E-state index in [9.17, 15) is 9.59 Å². The van der Waals surface area contributed by atoms with Crippen molar-refractivity contribution < 1.29 is 19.1 Å². The van der Waals surface area contributed by atoms with E-state index >= 15 is 0 Å². The van der Waals surface area contributed by atoms with E-state index in [1.165, 1.54) is 0 Å². The van der Waals surface area contributed by atoms with Crippen LogP contribution in [-0.2, 0) is 16.0 Å². The Bertz CT molecular complexity index is 464. The molecule has 0 N–H and O–H groups in total. The van der Waals surface area contributed by atoms with Gasteiger partial charge in [-0.2, -0.15) is 0 Å². The minimum Gasteiger partial charge on any atom is -0.497 e. The molecule has 0 radical (unpaired) electrons. The Kier molecular flexibility index (Phi) is 3.13. The number of hydrogen-bond donors (Lipinski definition) is 0. The van der Waals surface area contributed by atoms with Gasteiger partial charge in [-0.25, -0.2) is 0 Å². The summed E-state index contributed by atoms with van der Waals surface area (Å²) >= 11 is 0. The maximum absolute atomic E-state index is 12.0. The summed E-state index contributed by atoms with van der Waals surface area (Å²) in [4.78, 5) is 23.6. The van der Waals surface area contributed by atoms with Crippen LogP contribution in [0.2, 0.25) is 0 Å². The number of esters is 1. The zero-order valence-corrected chi connectivity index (χ0v) is 9.86. The first kappa shape index (κ1) is 11.6. The van der Waals surface area contributed by atoms with Crippen molar-refractivity contribution in [2.75, 3.05) is 13.7 Å². The van der Waals surface area contributed by atoms with Gasteiger partial charge in [-0.3, -0.25) is 9.59 Å². The van der Waals surface area contributed by atoms with Gasteiger partial charge in [-0.05, 0) is 31.0 Å². The number of hydrogen-bond acceptors (Lipinski definition) is 4. The molecule has 0 saturated carbocycles. The first-order chi connectivity index (χ1) is 8.17. The van der Waals surface area contributed by atoms with Crippen LogP contribution in [-0.4, -0.2) is 25.5 Å². The van der Waals surface area contributed by atoms with E-state index in [2.05, 4.69) is 0 Å². The van der Waals surface area contributed by atoms with Crippen LogP contribution in [0.25, 0.3) is 0 Å². The van der Waals surface area contributed by atoms with Crippen molar-refractivity contribution in [1.29, 1.82) is 0 Å². The van der Waals surface area contributed by atoms with E-state index in [1.54, 1.807) is 26.2 Å². The lowest BCUT2D eigenvalue weighted by Crippen LogP contribution is -2.23. The third-order valence-corrected chi connectivity index (χ3v) is 2.89. The highest BCUT2D eigenvalue weighted by atomic mass is 16.5. The van der Waals surface area contributed by atoms with Crippen molar-refractivity contribution in [3.63, 3.8) is 0 Å². The van der Waals surface area contributed by atoms with Gasteiger partial charge in [0.25, 0.3) is 0 Å². The summed E-state index contributed by atoms with van der Waals surface area (Å²) in [5.74, 6) is -0.663. The lowest BCUT2D eigenvalue weighted by molar-refractivity contribution is -0.145. The van der Waals surface area contributed by atoms with Crippen LogP contribution in [0.15, 0.2) is 18.2 Å². The number of Topliss-reactive ketones (excluding diaryl/α,β-unsaturated/α-hetero) is 1. The fourth-order valence-corrected chi connectivity index (χ4v) is 2.02. The average molecular weight is 234 g/mol. The van der Waals surface area contributed by atoms with Gasteiger partial charge < -0.3 is 9.47 Å². The van der Waals surface area contributed by atoms with Crippen LogP contribution in [0, 0.1) is 5.92 Å². The monoisotopic (exact) mass is 234 g/mol. The molecule has 1 aromatic rings. The smallest absolute Gasteiger partial charge is 0.317 e. The summed E-state index contributed by atoms with van der Waals surface area (Å²) in [5.41, 5.74) is 1.45. The van der Waals surface area contributed by atoms with E-state index in [1.807, 2.05) is 6.07 Å². The van der Waals surface area contributed by atoms with Gasteiger partial charge in [0.05, 0.1) is 13.7 Å². The Balaban J connectivity index is 2.26. The van der Waals surface area contributed by atoms with Gasteiger partial charge in [0, 0.05) is 5.56 Å². The summed E-state index contributed by atoms with van der Waals surface area (Å²) in [7, 11) is 1.55. The minimum absolute atomic E-state index is 0.169. The summed E-state index contributed by atoms with van der Waals surface area (Å²) in [6.45, 7) is 2.02. The Labute approximate surface area is 99.5 Å². The molecule has 0 aliphatic heterocycles. The van der Waals surface area contributed by atoms with Crippen LogP contribution in [0.4, 0.5) is 0 Å². The number of benzene rings is 1. The third-order valence-electron chi connectivity index (χ3n) is 2.89. The maximum Gasteiger partial charge on any atom is 0.317 e. The van der Waals surface area contributed by atoms with Crippen molar-refractivity contribution in [1.82, 2.24) is 0 Å². The molecular weight excluding hydrogens is 220 g/mol. The Morgan fingerprint density at radius 1 is 1.47 bits per heavy atom. The molecule has 0 amide bonds. The van der Waals surface area contributed by atoms with Gasteiger partial charge in [-0.1, -0.05) is 6.07 Å². The lowest BCUT2D eigenvalue weighted by atomic mass is 10.1. The number of carbonyl (C=O) groups excluding carboxylic acids is 2. The molecule has 2 rings (SSSR count). The molecule has 0 fully saturated rings. The largest absolute Gasteiger partial charge is 0.497 e. The van der Waals surface area contributed by atoms with Gasteiger partial charge >= 0.3 is 5.97 Å². The van der Waals surface area contributed by atoms with Crippen LogP contribution in [0.1, 0.15) is 22.8 Å². The second-order valence-corrected chi connectivity index (χ2v) is 3.90. The van der Waals surface area contributed by atoms with Crippen molar-refractivity contribution in [3.05, 3.63) is 29.3 Å². The molecule has 4 nitrogen and oxygen atoms in total. The molecule has 0 spiro atoms. The zero-order chi connectivity index (χ0) is 12.4. The van der Waals surface area contributed by atoms with E-state index < -0.39 is 11.9 Å². The van der Waals surface area contributed by atoms with E-state index in [4.69, 9.17) is 9.47 Å². The topological polar surface area (TPSA) is 52.6 Å². The number of ketones is 1. The third kappa shape index (κ3) is 2.02. The van der Waals surface area contributed by atoms with E-state index in [-0.39, 0.29) is 5.78 Å².